The molecule has 0 bridgehead atoms. The summed E-state index contributed by atoms with van der Waals surface area (Å²) in [6.07, 6.45) is 1.63. The minimum atomic E-state index is -0.421. The van der Waals surface area contributed by atoms with Gasteiger partial charge in [-0.2, -0.15) is 4.98 Å². The molecule has 2 aromatic carbocycles. The van der Waals surface area contributed by atoms with Gasteiger partial charge in [-0.3, -0.25) is 9.69 Å². The van der Waals surface area contributed by atoms with E-state index in [1.165, 1.54) is 12.7 Å². The van der Waals surface area contributed by atoms with Crippen LogP contribution in [0.4, 0.5) is 11.6 Å². The summed E-state index contributed by atoms with van der Waals surface area (Å²) in [7, 11) is 1.41. The first-order valence-electron chi connectivity index (χ1n) is 10.9. The third-order valence-corrected chi connectivity index (χ3v) is 6.26. The van der Waals surface area contributed by atoms with E-state index in [9.17, 15) is 4.79 Å². The Hall–Kier alpha value is -3.13. The molecular formula is C25H25Cl2N5O2. The lowest BCUT2D eigenvalue weighted by molar-refractivity contribution is 0.168. The van der Waals surface area contributed by atoms with Crippen molar-refractivity contribution in [1.82, 2.24) is 19.6 Å². The number of benzene rings is 2. The zero-order chi connectivity index (χ0) is 24.2. The van der Waals surface area contributed by atoms with E-state index in [0.29, 0.717) is 38.2 Å². The number of anilines is 2. The summed E-state index contributed by atoms with van der Waals surface area (Å²) >= 11 is 12.7. The van der Waals surface area contributed by atoms with Gasteiger partial charge < -0.3 is 10.2 Å². The van der Waals surface area contributed by atoms with Crippen LogP contribution in [-0.2, 0) is 6.54 Å². The quantitative estimate of drug-likeness (QED) is 0.350. The molecule has 0 unspecified atom stereocenters. The van der Waals surface area contributed by atoms with Crippen molar-refractivity contribution in [2.24, 2.45) is 0 Å². The van der Waals surface area contributed by atoms with Crippen LogP contribution in [0.2, 0.25) is 10.0 Å². The molecular weight excluding hydrogens is 473 g/mol. The van der Waals surface area contributed by atoms with Crippen LogP contribution in [0.25, 0.3) is 22.2 Å². The van der Waals surface area contributed by atoms with E-state index in [1.807, 2.05) is 12.1 Å². The number of halogens is 2. The predicted molar refractivity (Wildman–Crippen MR) is 138 cm³/mol. The van der Waals surface area contributed by atoms with Gasteiger partial charge in [-0.25, -0.2) is 4.98 Å². The van der Waals surface area contributed by atoms with Crippen LogP contribution in [-0.4, -0.2) is 39.8 Å². The lowest BCUT2D eigenvalue weighted by atomic mass is 10.1. The molecule has 4 rings (SSSR count). The summed E-state index contributed by atoms with van der Waals surface area (Å²) in [5, 5.41) is 4.54. The Morgan fingerprint density at radius 1 is 1.06 bits per heavy atom. The second-order valence-electron chi connectivity index (χ2n) is 7.69. The average molecular weight is 498 g/mol. The Kier molecular flexibility index (Phi) is 7.36. The van der Waals surface area contributed by atoms with Gasteiger partial charge in [0.05, 0.1) is 15.6 Å². The molecule has 34 heavy (non-hydrogen) atoms. The van der Waals surface area contributed by atoms with Crippen LogP contribution in [0, 0.1) is 0 Å². The normalized spacial score (nSPS) is 11.2. The molecule has 0 aliphatic carbocycles. The Labute approximate surface area is 207 Å². The maximum absolute atomic E-state index is 13.2. The molecule has 2 heterocycles. The molecule has 0 saturated carbocycles. The third kappa shape index (κ3) is 4.87. The first kappa shape index (κ1) is 24.0. The fraction of sp³-hybridized carbons (Fsp3) is 0.240. The molecule has 0 saturated heterocycles. The Bertz CT molecular complexity index is 1350. The molecule has 0 spiro atoms. The van der Waals surface area contributed by atoms with E-state index >= 15 is 0 Å². The number of hydrogen-bond acceptors (Lipinski definition) is 6. The Morgan fingerprint density at radius 2 is 1.74 bits per heavy atom. The zero-order valence-corrected chi connectivity index (χ0v) is 20.7. The highest BCUT2D eigenvalue weighted by atomic mass is 35.5. The van der Waals surface area contributed by atoms with Gasteiger partial charge in [0.15, 0.2) is 5.65 Å². The second-order valence-corrected chi connectivity index (χ2v) is 8.51. The van der Waals surface area contributed by atoms with Crippen LogP contribution >= 0.6 is 23.2 Å². The van der Waals surface area contributed by atoms with Crippen LogP contribution in [0.1, 0.15) is 19.4 Å². The van der Waals surface area contributed by atoms with E-state index in [4.69, 9.17) is 28.0 Å². The van der Waals surface area contributed by atoms with Crippen molar-refractivity contribution in [3.05, 3.63) is 80.7 Å². The second kappa shape index (κ2) is 10.4. The maximum Gasteiger partial charge on any atom is 0.293 e. The van der Waals surface area contributed by atoms with Crippen LogP contribution in [0.5, 0.6) is 0 Å². The fourth-order valence-corrected chi connectivity index (χ4v) is 4.36. The zero-order valence-electron chi connectivity index (χ0n) is 19.2. The van der Waals surface area contributed by atoms with Crippen molar-refractivity contribution in [3.8, 4) is 11.1 Å². The Balaban J connectivity index is 1.68. The molecule has 0 fully saturated rings. The Morgan fingerprint density at radius 3 is 2.35 bits per heavy atom. The summed E-state index contributed by atoms with van der Waals surface area (Å²) in [5.74, 6) is 0.345. The molecule has 0 radical (unpaired) electrons. The van der Waals surface area contributed by atoms with Gasteiger partial charge in [0.1, 0.15) is 7.11 Å². The minimum absolute atomic E-state index is 0.304. The van der Waals surface area contributed by atoms with Crippen LogP contribution in [0.3, 0.4) is 0 Å². The first-order chi connectivity index (χ1) is 16.4. The molecule has 7 nitrogen and oxygen atoms in total. The molecule has 0 aliphatic heterocycles. The number of fused-ring (bicyclic) bond motifs is 1. The third-order valence-electron chi connectivity index (χ3n) is 5.63. The molecule has 4 aromatic rings. The van der Waals surface area contributed by atoms with Crippen molar-refractivity contribution < 1.29 is 4.84 Å². The number of rotatable bonds is 8. The van der Waals surface area contributed by atoms with Gasteiger partial charge in [0.2, 0.25) is 5.95 Å². The largest absolute Gasteiger partial charge is 0.412 e. The molecule has 0 atom stereocenters. The van der Waals surface area contributed by atoms with Gasteiger partial charge in [-0.05, 0) is 49.0 Å². The number of pyridine rings is 1. The van der Waals surface area contributed by atoms with E-state index in [2.05, 4.69) is 46.2 Å². The number of nitrogens with zero attached hydrogens (tertiary/aromatic N) is 4. The molecule has 176 valence electrons. The molecule has 0 aliphatic rings. The standard InChI is InChI=1S/C25H25Cl2N5O2/c1-4-31(5-2)15-16-9-11-18(12-10-16)29-25-28-14-17-13-19(22-20(26)7-6-8-21(22)27)24(33)32(34-3)23(17)30-25/h6-14H,4-5,15H2,1-3H3,(H,28,29,30). The predicted octanol–water partition coefficient (Wildman–Crippen LogP) is 5.41. The SMILES string of the molecule is CCN(CC)Cc1ccc(Nc2ncc3cc(-c4c(Cl)cccc4Cl)c(=O)n(OC)c3n2)cc1. The minimum Gasteiger partial charge on any atom is -0.412 e. The highest BCUT2D eigenvalue weighted by Crippen LogP contribution is 2.33. The van der Waals surface area contributed by atoms with Crippen molar-refractivity contribution >= 4 is 45.9 Å². The molecule has 2 aromatic heterocycles. The van der Waals surface area contributed by atoms with Crippen molar-refractivity contribution in [2.45, 2.75) is 20.4 Å². The maximum atomic E-state index is 13.2. The fourth-order valence-electron chi connectivity index (χ4n) is 3.76. The number of aromatic nitrogens is 3. The monoisotopic (exact) mass is 497 g/mol. The van der Waals surface area contributed by atoms with Gasteiger partial charge in [0.25, 0.3) is 5.56 Å². The number of nitrogens with one attached hydrogen (secondary N) is 1. The molecule has 9 heteroatoms. The van der Waals surface area contributed by atoms with Gasteiger partial charge in [0, 0.05) is 29.4 Å². The summed E-state index contributed by atoms with van der Waals surface area (Å²) in [6.45, 7) is 7.22. The van der Waals surface area contributed by atoms with E-state index in [1.54, 1.807) is 30.5 Å². The lowest BCUT2D eigenvalue weighted by Crippen LogP contribution is -2.27. The van der Waals surface area contributed by atoms with E-state index in [-0.39, 0.29) is 0 Å². The number of hydrogen-bond donors (Lipinski definition) is 1. The highest BCUT2D eigenvalue weighted by Gasteiger charge is 2.18. The summed E-state index contributed by atoms with van der Waals surface area (Å²) in [4.78, 5) is 29.9. The average Bonchev–Trinajstić information content (AvgIpc) is 2.84. The van der Waals surface area contributed by atoms with Gasteiger partial charge >= 0.3 is 0 Å². The first-order valence-corrected chi connectivity index (χ1v) is 11.7. The lowest BCUT2D eigenvalue weighted by Gasteiger charge is -2.18. The van der Waals surface area contributed by atoms with Crippen LogP contribution in [0.15, 0.2) is 59.5 Å². The summed E-state index contributed by atoms with van der Waals surface area (Å²) in [6, 6.07) is 14.9. The van der Waals surface area contributed by atoms with E-state index in [0.717, 1.165) is 30.1 Å². The highest BCUT2D eigenvalue weighted by molar-refractivity contribution is 6.39. The van der Waals surface area contributed by atoms with Gasteiger partial charge in [-0.1, -0.05) is 55.2 Å². The van der Waals surface area contributed by atoms with Crippen molar-refractivity contribution in [3.63, 3.8) is 0 Å². The molecule has 0 amide bonds. The van der Waals surface area contributed by atoms with E-state index < -0.39 is 5.56 Å². The molecule has 1 N–H and O–H groups in total. The van der Waals surface area contributed by atoms with Crippen molar-refractivity contribution in [2.75, 3.05) is 25.5 Å². The summed E-state index contributed by atoms with van der Waals surface area (Å²) in [5.41, 5.74) is 2.72. The van der Waals surface area contributed by atoms with Gasteiger partial charge in [-0.15, -0.1) is 4.73 Å². The topological polar surface area (TPSA) is 72.3 Å². The summed E-state index contributed by atoms with van der Waals surface area (Å²) < 4.78 is 1.12. The van der Waals surface area contributed by atoms with Crippen molar-refractivity contribution in [1.29, 1.82) is 0 Å². The van der Waals surface area contributed by atoms with Crippen LogP contribution < -0.4 is 15.7 Å². The smallest absolute Gasteiger partial charge is 0.293 e.